The van der Waals surface area contributed by atoms with Crippen molar-refractivity contribution in [2.24, 2.45) is 5.92 Å². The molecule has 1 aliphatic rings. The lowest BCUT2D eigenvalue weighted by Gasteiger charge is -2.19. The zero-order valence-corrected chi connectivity index (χ0v) is 19.0. The second kappa shape index (κ2) is 11.1. The number of methoxy groups -OCH3 is 1. The number of nitrogens with zero attached hydrogens (tertiary/aromatic N) is 2. The summed E-state index contributed by atoms with van der Waals surface area (Å²) in [6.07, 6.45) is -0.143. The lowest BCUT2D eigenvalue weighted by Crippen LogP contribution is -2.28. The van der Waals surface area contributed by atoms with Crippen LogP contribution < -0.4 is 15.0 Å². The number of hydrogen-bond donors (Lipinski definition) is 1. The van der Waals surface area contributed by atoms with E-state index in [0.29, 0.717) is 16.9 Å². The smallest absolute Gasteiger partial charge is 0.338 e. The largest absolute Gasteiger partial charge is 0.494 e. The number of carbonyl (C=O) groups excluding carboxylic acids is 4. The van der Waals surface area contributed by atoms with Crippen LogP contribution in [0.4, 0.5) is 17.1 Å². The van der Waals surface area contributed by atoms with E-state index < -0.39 is 35.3 Å². The van der Waals surface area contributed by atoms with E-state index in [1.54, 1.807) is 6.92 Å². The molecule has 1 fully saturated rings. The number of ether oxygens (including phenoxy) is 3. The number of nitrogens with one attached hydrogen (secondary N) is 1. The topological polar surface area (TPSA) is 154 Å². The maximum atomic E-state index is 12.5. The molecule has 3 rings (SSSR count). The average molecular weight is 485 g/mol. The van der Waals surface area contributed by atoms with E-state index in [0.717, 1.165) is 0 Å². The van der Waals surface area contributed by atoms with Crippen LogP contribution >= 0.6 is 0 Å². The molecule has 184 valence electrons. The van der Waals surface area contributed by atoms with Crippen molar-refractivity contribution in [3.05, 3.63) is 58.1 Å². The molecule has 0 radical (unpaired) electrons. The van der Waals surface area contributed by atoms with Crippen molar-refractivity contribution in [1.29, 1.82) is 0 Å². The molecule has 35 heavy (non-hydrogen) atoms. The van der Waals surface area contributed by atoms with Crippen molar-refractivity contribution in [1.82, 2.24) is 0 Å². The summed E-state index contributed by atoms with van der Waals surface area (Å²) in [7, 11) is 1.32. The highest BCUT2D eigenvalue weighted by molar-refractivity contribution is 6.01. The molecule has 0 spiro atoms. The number of benzene rings is 2. The first-order chi connectivity index (χ1) is 16.7. The lowest BCUT2D eigenvalue weighted by atomic mass is 10.1. The number of non-ortho nitro benzene ring substituents is 1. The fourth-order valence-electron chi connectivity index (χ4n) is 3.46. The quantitative estimate of drug-likeness (QED) is 0.320. The van der Waals surface area contributed by atoms with E-state index in [2.05, 4.69) is 5.32 Å². The Morgan fingerprint density at radius 2 is 1.86 bits per heavy atom. The van der Waals surface area contributed by atoms with Crippen LogP contribution in [0.5, 0.6) is 5.75 Å². The molecule has 2 aromatic carbocycles. The number of nitro benzene ring substituents is 1. The first-order valence-corrected chi connectivity index (χ1v) is 10.6. The van der Waals surface area contributed by atoms with Gasteiger partial charge in [0, 0.05) is 24.7 Å². The number of esters is 2. The molecule has 2 aromatic rings. The molecule has 0 aromatic heterocycles. The summed E-state index contributed by atoms with van der Waals surface area (Å²) in [4.78, 5) is 60.4. The van der Waals surface area contributed by atoms with Crippen LogP contribution in [0.25, 0.3) is 0 Å². The Labute approximate surface area is 199 Å². The summed E-state index contributed by atoms with van der Waals surface area (Å²) in [6.45, 7) is 1.35. The fraction of sp³-hybridized carbons (Fsp3) is 0.304. The SMILES string of the molecule is CCOC(=O)c1ccc(NC(=O)COC(=O)[C@H]2CC(=O)N(c3ccc([N+](=O)[O-])cc3OC)C2)cc1. The summed E-state index contributed by atoms with van der Waals surface area (Å²) in [5, 5.41) is 13.5. The van der Waals surface area contributed by atoms with E-state index in [1.807, 2.05) is 0 Å². The molecule has 1 heterocycles. The maximum absolute atomic E-state index is 12.5. The molecule has 2 amide bonds. The van der Waals surface area contributed by atoms with Gasteiger partial charge in [-0.1, -0.05) is 0 Å². The Bertz CT molecular complexity index is 1150. The normalized spacial score (nSPS) is 14.9. The summed E-state index contributed by atoms with van der Waals surface area (Å²) in [5.41, 5.74) is 0.820. The standard InChI is InChI=1S/C23H23N3O9/c1-3-34-22(29)14-4-6-16(7-5-14)24-20(27)13-35-23(30)15-10-21(28)25(12-15)18-9-8-17(26(31)32)11-19(18)33-2/h4-9,11,15H,3,10,12-13H2,1-2H3,(H,24,27)/t15-/m0/s1. The Morgan fingerprint density at radius 1 is 1.14 bits per heavy atom. The minimum atomic E-state index is -0.820. The van der Waals surface area contributed by atoms with E-state index >= 15 is 0 Å². The summed E-state index contributed by atoms with van der Waals surface area (Å²) in [5.74, 6) is -2.89. The molecular formula is C23H23N3O9. The van der Waals surface area contributed by atoms with Crippen LogP contribution in [0.1, 0.15) is 23.7 Å². The van der Waals surface area contributed by atoms with Crippen LogP contribution in [0.3, 0.4) is 0 Å². The van der Waals surface area contributed by atoms with Crippen molar-refractivity contribution >= 4 is 40.8 Å². The van der Waals surface area contributed by atoms with Crippen molar-refractivity contribution in [3.63, 3.8) is 0 Å². The van der Waals surface area contributed by atoms with Crippen molar-refractivity contribution in [2.45, 2.75) is 13.3 Å². The number of hydrogen-bond acceptors (Lipinski definition) is 9. The highest BCUT2D eigenvalue weighted by atomic mass is 16.6. The number of anilines is 2. The van der Waals surface area contributed by atoms with Crippen molar-refractivity contribution in [3.8, 4) is 5.75 Å². The summed E-state index contributed by atoms with van der Waals surface area (Å²) < 4.78 is 15.1. The molecule has 0 unspecified atom stereocenters. The first-order valence-electron chi connectivity index (χ1n) is 10.6. The van der Waals surface area contributed by atoms with Gasteiger partial charge in [0.2, 0.25) is 5.91 Å². The van der Waals surface area contributed by atoms with Crippen molar-refractivity contribution < 1.29 is 38.3 Å². The van der Waals surface area contributed by atoms with Crippen LogP contribution in [0, 0.1) is 16.0 Å². The minimum Gasteiger partial charge on any atom is -0.494 e. The van der Waals surface area contributed by atoms with Crippen LogP contribution in [0.2, 0.25) is 0 Å². The molecule has 1 atom stereocenters. The number of nitro groups is 1. The Hall–Kier alpha value is -4.48. The average Bonchev–Trinajstić information content (AvgIpc) is 3.24. The van der Waals surface area contributed by atoms with Gasteiger partial charge >= 0.3 is 11.9 Å². The molecule has 1 aliphatic heterocycles. The zero-order chi connectivity index (χ0) is 25.5. The van der Waals surface area contributed by atoms with Crippen LogP contribution in [0.15, 0.2) is 42.5 Å². The highest BCUT2D eigenvalue weighted by Crippen LogP contribution is 2.36. The van der Waals surface area contributed by atoms with Gasteiger partial charge in [0.1, 0.15) is 5.75 Å². The fourth-order valence-corrected chi connectivity index (χ4v) is 3.46. The summed E-state index contributed by atoms with van der Waals surface area (Å²) >= 11 is 0. The van der Waals surface area contributed by atoms with Gasteiger partial charge in [0.15, 0.2) is 6.61 Å². The van der Waals surface area contributed by atoms with Crippen molar-refractivity contribution in [2.75, 3.05) is 37.1 Å². The number of rotatable bonds is 9. The second-order valence-electron chi connectivity index (χ2n) is 7.47. The Morgan fingerprint density at radius 3 is 2.49 bits per heavy atom. The Balaban J connectivity index is 1.55. The predicted molar refractivity (Wildman–Crippen MR) is 122 cm³/mol. The van der Waals surface area contributed by atoms with Gasteiger partial charge in [-0.25, -0.2) is 4.79 Å². The Kier molecular flexibility index (Phi) is 7.97. The van der Waals surface area contributed by atoms with E-state index in [1.165, 1.54) is 54.5 Å². The van der Waals surface area contributed by atoms with Crippen LogP contribution in [-0.4, -0.2) is 55.5 Å². The maximum Gasteiger partial charge on any atom is 0.338 e. The third-order valence-corrected chi connectivity index (χ3v) is 5.15. The van der Waals surface area contributed by atoms with Gasteiger partial charge in [-0.15, -0.1) is 0 Å². The van der Waals surface area contributed by atoms with Gasteiger partial charge in [-0.3, -0.25) is 24.5 Å². The third-order valence-electron chi connectivity index (χ3n) is 5.15. The van der Waals surface area contributed by atoms with Gasteiger partial charge in [-0.05, 0) is 37.3 Å². The number of carbonyl (C=O) groups is 4. The molecular weight excluding hydrogens is 462 g/mol. The molecule has 1 saturated heterocycles. The van der Waals surface area contributed by atoms with Crippen LogP contribution in [-0.2, 0) is 23.9 Å². The molecule has 12 nitrogen and oxygen atoms in total. The minimum absolute atomic E-state index is 0.0250. The highest BCUT2D eigenvalue weighted by Gasteiger charge is 2.37. The van der Waals surface area contributed by atoms with E-state index in [4.69, 9.17) is 14.2 Å². The predicted octanol–water partition coefficient (Wildman–Crippen LogP) is 2.31. The zero-order valence-electron chi connectivity index (χ0n) is 19.0. The molecule has 12 heteroatoms. The third kappa shape index (κ3) is 6.10. The van der Waals surface area contributed by atoms with E-state index in [-0.39, 0.29) is 36.9 Å². The molecule has 0 bridgehead atoms. The first kappa shape index (κ1) is 25.1. The van der Waals surface area contributed by atoms with Gasteiger partial charge < -0.3 is 24.4 Å². The van der Waals surface area contributed by atoms with Gasteiger partial charge in [0.25, 0.3) is 11.6 Å². The van der Waals surface area contributed by atoms with Gasteiger partial charge in [-0.2, -0.15) is 0 Å². The number of amides is 2. The summed E-state index contributed by atoms with van der Waals surface area (Å²) in [6, 6.07) is 9.81. The lowest BCUT2D eigenvalue weighted by molar-refractivity contribution is -0.384. The molecule has 0 saturated carbocycles. The molecule has 0 aliphatic carbocycles. The monoisotopic (exact) mass is 485 g/mol. The molecule has 1 N–H and O–H groups in total. The second-order valence-corrected chi connectivity index (χ2v) is 7.47. The van der Waals surface area contributed by atoms with E-state index in [9.17, 15) is 29.3 Å². The van der Waals surface area contributed by atoms with Gasteiger partial charge in [0.05, 0.1) is 41.9 Å².